The van der Waals surface area contributed by atoms with Crippen molar-refractivity contribution in [3.05, 3.63) is 35.5 Å². The first-order valence-electron chi connectivity index (χ1n) is 13.1. The van der Waals surface area contributed by atoms with Gasteiger partial charge in [-0.2, -0.15) is 0 Å². The van der Waals surface area contributed by atoms with Gasteiger partial charge in [0, 0.05) is 18.3 Å². The molecule has 0 aromatic carbocycles. The molecule has 184 valence electrons. The highest BCUT2D eigenvalue weighted by atomic mass is 16.7. The van der Waals surface area contributed by atoms with Crippen molar-refractivity contribution >= 4 is 5.78 Å². The van der Waals surface area contributed by atoms with Crippen molar-refractivity contribution in [1.29, 1.82) is 0 Å². The Morgan fingerprint density at radius 2 is 1.94 bits per heavy atom. The predicted octanol–water partition coefficient (Wildman–Crippen LogP) is 3.22. The molecule has 0 aromatic rings. The summed E-state index contributed by atoms with van der Waals surface area (Å²) < 4.78 is 18.2. The van der Waals surface area contributed by atoms with Crippen LogP contribution < -0.4 is 0 Å². The summed E-state index contributed by atoms with van der Waals surface area (Å²) in [7, 11) is 0. The Morgan fingerprint density at radius 1 is 1.15 bits per heavy atom. The smallest absolute Gasteiger partial charge is 0.186 e. The summed E-state index contributed by atoms with van der Waals surface area (Å²) >= 11 is 0. The number of aliphatic hydroxyl groups is 2. The SMILES string of the molecule is C[C@H](C1C[C@@]2(C)O[C@@]2(C)C(O)O1)[C@H]1C=CCC2=C1CC[C@H]1[C@H]2[C@@H]2O[C@@H]2[C@@]2(O)CC=CC(=O)[C@]12C. The Labute approximate surface area is 201 Å². The van der Waals surface area contributed by atoms with Gasteiger partial charge >= 0.3 is 0 Å². The zero-order valence-electron chi connectivity index (χ0n) is 20.5. The maximum atomic E-state index is 13.3. The van der Waals surface area contributed by atoms with E-state index in [0.717, 1.165) is 25.7 Å². The van der Waals surface area contributed by atoms with Crippen LogP contribution in [0, 0.1) is 29.1 Å². The van der Waals surface area contributed by atoms with Crippen molar-refractivity contribution < 1.29 is 29.2 Å². The van der Waals surface area contributed by atoms with Gasteiger partial charge in [0.15, 0.2) is 12.1 Å². The van der Waals surface area contributed by atoms with Crippen LogP contribution in [-0.4, -0.2) is 57.4 Å². The first-order chi connectivity index (χ1) is 16.1. The number of rotatable bonds is 2. The van der Waals surface area contributed by atoms with Crippen LogP contribution in [0.25, 0.3) is 0 Å². The second-order valence-electron chi connectivity index (χ2n) is 12.5. The van der Waals surface area contributed by atoms with Gasteiger partial charge in [0.25, 0.3) is 0 Å². The number of allylic oxidation sites excluding steroid dienone is 4. The third-order valence-electron chi connectivity index (χ3n) is 11.2. The fourth-order valence-electron chi connectivity index (χ4n) is 8.69. The first-order valence-corrected chi connectivity index (χ1v) is 13.1. The zero-order valence-corrected chi connectivity index (χ0v) is 20.5. The van der Waals surface area contributed by atoms with E-state index >= 15 is 0 Å². The molecule has 0 spiro atoms. The normalized spacial score (nSPS) is 57.7. The monoisotopic (exact) mass is 468 g/mol. The molecular formula is C28H36O6. The number of hydrogen-bond acceptors (Lipinski definition) is 6. The molecule has 3 saturated heterocycles. The van der Waals surface area contributed by atoms with Crippen molar-refractivity contribution in [3.63, 3.8) is 0 Å². The average molecular weight is 469 g/mol. The van der Waals surface area contributed by atoms with Crippen LogP contribution in [0.1, 0.15) is 59.8 Å². The fraction of sp³-hybridized carbons (Fsp3) is 0.750. The maximum Gasteiger partial charge on any atom is 0.186 e. The predicted molar refractivity (Wildman–Crippen MR) is 124 cm³/mol. The molecule has 0 bridgehead atoms. The maximum absolute atomic E-state index is 13.3. The second kappa shape index (κ2) is 6.51. The molecule has 6 heteroatoms. The number of carbonyl (C=O) groups is 1. The Balaban J connectivity index is 1.22. The lowest BCUT2D eigenvalue weighted by Crippen LogP contribution is -2.65. The minimum absolute atomic E-state index is 0.00219. The van der Waals surface area contributed by atoms with Gasteiger partial charge in [-0.3, -0.25) is 4.79 Å². The largest absolute Gasteiger partial charge is 0.386 e. The van der Waals surface area contributed by atoms with Gasteiger partial charge in [0.1, 0.15) is 22.9 Å². The Hall–Kier alpha value is -1.31. The van der Waals surface area contributed by atoms with E-state index in [2.05, 4.69) is 26.0 Å². The molecule has 1 saturated carbocycles. The highest BCUT2D eigenvalue weighted by molar-refractivity contribution is 5.97. The summed E-state index contributed by atoms with van der Waals surface area (Å²) in [6.07, 6.45) is 10.8. The highest BCUT2D eigenvalue weighted by Gasteiger charge is 2.75. The molecule has 4 aliphatic carbocycles. The molecule has 34 heavy (non-hydrogen) atoms. The molecule has 2 N–H and O–H groups in total. The third-order valence-corrected chi connectivity index (χ3v) is 11.2. The van der Waals surface area contributed by atoms with E-state index in [1.165, 1.54) is 11.1 Å². The van der Waals surface area contributed by atoms with Crippen LogP contribution in [0.5, 0.6) is 0 Å². The van der Waals surface area contributed by atoms with E-state index in [9.17, 15) is 15.0 Å². The number of fused-ring (bicyclic) bond motifs is 8. The van der Waals surface area contributed by atoms with E-state index in [-0.39, 0.29) is 53.4 Å². The number of ether oxygens (including phenoxy) is 3. The quantitative estimate of drug-likeness (QED) is 0.478. The van der Waals surface area contributed by atoms with Crippen molar-refractivity contribution in [1.82, 2.24) is 0 Å². The van der Waals surface area contributed by atoms with E-state index in [1.807, 2.05) is 19.9 Å². The summed E-state index contributed by atoms with van der Waals surface area (Å²) in [5, 5.41) is 22.3. The molecular weight excluding hydrogens is 432 g/mol. The lowest BCUT2D eigenvalue weighted by molar-refractivity contribution is -0.196. The van der Waals surface area contributed by atoms with Crippen LogP contribution in [0.15, 0.2) is 35.5 Å². The van der Waals surface area contributed by atoms with Crippen LogP contribution in [-0.2, 0) is 19.0 Å². The van der Waals surface area contributed by atoms with Gasteiger partial charge < -0.3 is 24.4 Å². The summed E-state index contributed by atoms with van der Waals surface area (Å²) in [6, 6.07) is 0. The number of aliphatic hydroxyl groups excluding tert-OH is 1. The van der Waals surface area contributed by atoms with Crippen LogP contribution >= 0.6 is 0 Å². The van der Waals surface area contributed by atoms with Gasteiger partial charge in [-0.25, -0.2) is 0 Å². The zero-order chi connectivity index (χ0) is 23.8. The van der Waals surface area contributed by atoms with Gasteiger partial charge in [0.2, 0.25) is 0 Å². The van der Waals surface area contributed by atoms with Crippen LogP contribution in [0.2, 0.25) is 0 Å². The summed E-state index contributed by atoms with van der Waals surface area (Å²) in [5.74, 6) is 0.758. The summed E-state index contributed by atoms with van der Waals surface area (Å²) in [5.41, 5.74) is 0.0584. The summed E-state index contributed by atoms with van der Waals surface area (Å²) in [6.45, 7) is 8.23. The number of epoxide rings is 2. The number of carbonyl (C=O) groups excluding carboxylic acids is 1. The standard InChI is InChI=1S/C28H36O6/c1-14(19-13-25(2)27(4,34-25)24(30)32-19)15-7-5-8-17-16(15)10-11-18-21(17)22-23(33-22)28(31)12-6-9-20(29)26(18,28)3/h5-7,9,14-15,18-19,21-24,30-31H,8,10-13H2,1-4H3/t14-,15+,18-,19?,21-,22-,23-,24?,25+,26-,27-,28-/m0/s1. The minimum Gasteiger partial charge on any atom is -0.386 e. The van der Waals surface area contributed by atoms with Crippen LogP contribution in [0.4, 0.5) is 0 Å². The number of ketones is 1. The van der Waals surface area contributed by atoms with Crippen molar-refractivity contribution in [3.8, 4) is 0 Å². The fourth-order valence-corrected chi connectivity index (χ4v) is 8.69. The molecule has 3 heterocycles. The topological polar surface area (TPSA) is 91.8 Å². The lowest BCUT2D eigenvalue weighted by Gasteiger charge is -2.56. The average Bonchev–Trinajstić information content (AvgIpc) is 3.70. The van der Waals surface area contributed by atoms with E-state index in [4.69, 9.17) is 14.2 Å². The Morgan fingerprint density at radius 3 is 2.71 bits per heavy atom. The molecule has 3 aliphatic heterocycles. The van der Waals surface area contributed by atoms with Crippen molar-refractivity contribution in [2.75, 3.05) is 0 Å². The lowest BCUT2D eigenvalue weighted by atomic mass is 9.47. The van der Waals surface area contributed by atoms with Crippen molar-refractivity contribution in [2.45, 2.75) is 101 Å². The van der Waals surface area contributed by atoms with Gasteiger partial charge in [-0.05, 0) is 64.4 Å². The van der Waals surface area contributed by atoms with Gasteiger partial charge in [0.05, 0.1) is 17.6 Å². The molecule has 4 fully saturated rings. The molecule has 12 atom stereocenters. The number of hydrogen-bond donors (Lipinski definition) is 2. The van der Waals surface area contributed by atoms with Crippen LogP contribution in [0.3, 0.4) is 0 Å². The summed E-state index contributed by atoms with van der Waals surface area (Å²) in [4.78, 5) is 13.3. The molecule has 7 aliphatic rings. The second-order valence-corrected chi connectivity index (χ2v) is 12.5. The highest BCUT2D eigenvalue weighted by Crippen LogP contribution is 2.67. The van der Waals surface area contributed by atoms with E-state index in [1.54, 1.807) is 6.08 Å². The minimum atomic E-state index is -1.10. The van der Waals surface area contributed by atoms with Crippen molar-refractivity contribution in [2.24, 2.45) is 29.1 Å². The van der Waals surface area contributed by atoms with Gasteiger partial charge in [-0.15, -0.1) is 0 Å². The van der Waals surface area contributed by atoms with E-state index < -0.39 is 22.9 Å². The molecule has 6 nitrogen and oxygen atoms in total. The molecule has 7 rings (SSSR count). The Bertz CT molecular complexity index is 1060. The molecule has 2 unspecified atom stereocenters. The van der Waals surface area contributed by atoms with Gasteiger partial charge in [-0.1, -0.05) is 36.3 Å². The Kier molecular flexibility index (Phi) is 4.20. The third kappa shape index (κ3) is 2.42. The molecule has 0 amide bonds. The van der Waals surface area contributed by atoms with E-state index in [0.29, 0.717) is 6.42 Å². The first kappa shape index (κ1) is 21.9. The molecule has 0 aromatic heterocycles. The molecule has 0 radical (unpaired) electrons.